The van der Waals surface area contributed by atoms with Crippen molar-refractivity contribution < 1.29 is 29.3 Å². The maximum absolute atomic E-state index is 12.9. The van der Waals surface area contributed by atoms with Gasteiger partial charge in [0.25, 0.3) is 0 Å². The highest BCUT2D eigenvalue weighted by Gasteiger charge is 2.54. The minimum atomic E-state index is -1.38. The van der Waals surface area contributed by atoms with Crippen molar-refractivity contribution in [2.75, 3.05) is 12.0 Å². The summed E-state index contributed by atoms with van der Waals surface area (Å²) in [6.45, 7) is 8.57. The van der Waals surface area contributed by atoms with Crippen LogP contribution < -0.4 is 4.74 Å². The Morgan fingerprint density at radius 2 is 1.81 bits per heavy atom. The lowest BCUT2D eigenvalue weighted by Crippen LogP contribution is -2.63. The number of carbonyl (C=O) groups is 3. The lowest BCUT2D eigenvalue weighted by Gasteiger charge is -2.47. The number of nitrogens with zero attached hydrogens (tertiary/aromatic N) is 1. The van der Waals surface area contributed by atoms with Gasteiger partial charge in [0, 0.05) is 10.3 Å². The van der Waals surface area contributed by atoms with Crippen LogP contribution in [0.3, 0.4) is 0 Å². The van der Waals surface area contributed by atoms with Crippen molar-refractivity contribution in [2.24, 2.45) is 11.3 Å². The Morgan fingerprint density at radius 1 is 1.22 bits per heavy atom. The van der Waals surface area contributed by atoms with E-state index < -0.39 is 40.4 Å². The van der Waals surface area contributed by atoms with Crippen LogP contribution in [0.2, 0.25) is 0 Å². The Balaban J connectivity index is 2.56. The molecule has 32 heavy (non-hydrogen) atoms. The van der Waals surface area contributed by atoms with Gasteiger partial charge >= 0.3 is 5.97 Å². The van der Waals surface area contributed by atoms with E-state index in [1.54, 1.807) is 44.7 Å². The third kappa shape index (κ3) is 6.03. The van der Waals surface area contributed by atoms with Crippen LogP contribution in [-0.4, -0.2) is 55.6 Å². The fourth-order valence-electron chi connectivity index (χ4n) is 2.91. The summed E-state index contributed by atoms with van der Waals surface area (Å²) in [5, 5.41) is 19.0. The van der Waals surface area contributed by atoms with Crippen LogP contribution in [0.1, 0.15) is 34.6 Å². The molecule has 10 heteroatoms. The third-order valence-electron chi connectivity index (χ3n) is 4.65. The predicted molar refractivity (Wildman–Crippen MR) is 130 cm³/mol. The van der Waals surface area contributed by atoms with E-state index in [1.807, 2.05) is 25.3 Å². The number of benzene rings is 1. The minimum absolute atomic E-state index is 0.173. The van der Waals surface area contributed by atoms with Crippen LogP contribution in [0.15, 0.2) is 39.9 Å². The quantitative estimate of drug-likeness (QED) is 0.223. The number of ether oxygens (including phenoxy) is 1. The van der Waals surface area contributed by atoms with Gasteiger partial charge in [-0.15, -0.1) is 23.5 Å². The molecule has 0 aliphatic carbocycles. The van der Waals surface area contributed by atoms with Gasteiger partial charge in [-0.05, 0) is 55.0 Å². The van der Waals surface area contributed by atoms with Crippen molar-refractivity contribution in [1.82, 2.24) is 4.90 Å². The van der Waals surface area contributed by atoms with E-state index >= 15 is 0 Å². The number of carbonyl (C=O) groups excluding carboxylic acids is 2. The highest BCUT2D eigenvalue weighted by Crippen LogP contribution is 2.43. The van der Waals surface area contributed by atoms with E-state index in [-0.39, 0.29) is 10.2 Å². The molecule has 3 atom stereocenters. The molecule has 1 aromatic carbocycles. The minimum Gasteiger partial charge on any atom is -0.476 e. The highest BCUT2D eigenvalue weighted by atomic mass is 32.2. The number of hydrogen-bond acceptors (Lipinski definition) is 8. The van der Waals surface area contributed by atoms with Crippen LogP contribution in [0, 0.1) is 11.3 Å². The van der Waals surface area contributed by atoms with Crippen molar-refractivity contribution in [3.05, 3.63) is 35.1 Å². The lowest BCUT2D eigenvalue weighted by atomic mass is 9.92. The van der Waals surface area contributed by atoms with Crippen LogP contribution in [0.4, 0.5) is 0 Å². The summed E-state index contributed by atoms with van der Waals surface area (Å²) < 4.78 is 5.90. The van der Waals surface area contributed by atoms with Crippen LogP contribution in [0.5, 0.6) is 5.75 Å². The number of thioether (sulfide) groups is 3. The monoisotopic (exact) mass is 499 g/mol. The van der Waals surface area contributed by atoms with Crippen LogP contribution in [-0.2, 0) is 14.4 Å². The number of β-lactam (4-membered cyclic amide) rings is 1. The van der Waals surface area contributed by atoms with Crippen molar-refractivity contribution in [1.29, 1.82) is 0 Å². The number of amides is 1. The van der Waals surface area contributed by atoms with Crippen molar-refractivity contribution >= 4 is 52.3 Å². The maximum atomic E-state index is 12.9. The highest BCUT2D eigenvalue weighted by molar-refractivity contribution is 8.16. The summed E-state index contributed by atoms with van der Waals surface area (Å²) in [7, 11) is 0. The molecule has 1 fully saturated rings. The maximum Gasteiger partial charge on any atom is 0.357 e. The summed E-state index contributed by atoms with van der Waals surface area (Å²) in [6.07, 6.45) is 1.01. The molecule has 176 valence electrons. The first-order valence-corrected chi connectivity index (χ1v) is 13.2. The van der Waals surface area contributed by atoms with E-state index in [1.165, 1.54) is 18.7 Å². The molecule has 0 unspecified atom stereocenters. The normalized spacial score (nSPS) is 20.3. The Morgan fingerprint density at radius 3 is 2.25 bits per heavy atom. The standard InChI is InChI=1S/C22H29NO6S3/c1-7-31-18-15(12(2)24)17(25)23(18)16(19(26)27)20(32-21(28)22(3,4)5)29-13-8-10-14(30-6)11-9-13/h8-12,15,18,24H,7H2,1-6H3,(H,26,27)/t12-,15+,18-/m1/s1. The molecule has 1 aromatic rings. The van der Waals surface area contributed by atoms with Gasteiger partial charge in [-0.1, -0.05) is 27.7 Å². The van der Waals surface area contributed by atoms with E-state index in [0.717, 1.165) is 9.80 Å². The molecule has 7 nitrogen and oxygen atoms in total. The summed E-state index contributed by atoms with van der Waals surface area (Å²) in [4.78, 5) is 40.1. The molecule has 1 amide bonds. The fraction of sp³-hybridized carbons (Fsp3) is 0.500. The van der Waals surface area contributed by atoms with E-state index in [2.05, 4.69) is 0 Å². The average molecular weight is 500 g/mol. The Labute approximate surface area is 201 Å². The zero-order chi connectivity index (χ0) is 24.2. The van der Waals surface area contributed by atoms with Crippen molar-refractivity contribution in [2.45, 2.75) is 51.0 Å². The number of aliphatic hydroxyl groups is 1. The Bertz CT molecular complexity index is 892. The average Bonchev–Trinajstić information content (AvgIpc) is 2.70. The molecule has 0 radical (unpaired) electrons. The molecule has 0 aromatic heterocycles. The van der Waals surface area contributed by atoms with Gasteiger partial charge < -0.3 is 14.9 Å². The summed E-state index contributed by atoms with van der Waals surface area (Å²) in [6, 6.07) is 7.01. The second kappa shape index (κ2) is 11.0. The molecule has 1 saturated heterocycles. The van der Waals surface area contributed by atoms with Crippen LogP contribution >= 0.6 is 35.3 Å². The first kappa shape index (κ1) is 26.6. The van der Waals surface area contributed by atoms with E-state index in [9.17, 15) is 24.6 Å². The van der Waals surface area contributed by atoms with E-state index in [0.29, 0.717) is 23.3 Å². The van der Waals surface area contributed by atoms with Gasteiger partial charge in [0.05, 0.1) is 17.4 Å². The number of aliphatic carboxylic acids is 1. The summed E-state index contributed by atoms with van der Waals surface area (Å²) in [5.41, 5.74) is -1.15. The predicted octanol–water partition coefficient (Wildman–Crippen LogP) is 4.27. The Kier molecular flexibility index (Phi) is 9.15. The van der Waals surface area contributed by atoms with Gasteiger partial charge in [-0.2, -0.15) is 0 Å². The number of carboxylic acid groups (broad SMARTS) is 1. The molecule has 1 aliphatic heterocycles. The molecule has 0 spiro atoms. The van der Waals surface area contributed by atoms with Gasteiger partial charge in [-0.3, -0.25) is 14.5 Å². The van der Waals surface area contributed by atoms with Crippen molar-refractivity contribution in [3.63, 3.8) is 0 Å². The molecule has 1 heterocycles. The molecule has 1 aliphatic rings. The molecule has 2 N–H and O–H groups in total. The fourth-order valence-corrected chi connectivity index (χ4v) is 5.47. The molecular formula is C22H29NO6S3. The first-order chi connectivity index (χ1) is 14.9. The number of likely N-dealkylation sites (tertiary alicyclic amines) is 1. The first-order valence-electron chi connectivity index (χ1n) is 10.1. The van der Waals surface area contributed by atoms with Crippen molar-refractivity contribution in [3.8, 4) is 5.75 Å². The second-order valence-electron chi connectivity index (χ2n) is 8.18. The lowest BCUT2D eigenvalue weighted by molar-refractivity contribution is -0.157. The van der Waals surface area contributed by atoms with Crippen LogP contribution in [0.25, 0.3) is 0 Å². The Hall–Kier alpha value is -1.62. The van der Waals surface area contributed by atoms with Gasteiger partial charge in [0.2, 0.25) is 11.0 Å². The van der Waals surface area contributed by atoms with Gasteiger partial charge in [-0.25, -0.2) is 4.79 Å². The number of hydrogen-bond donors (Lipinski definition) is 2. The topological polar surface area (TPSA) is 104 Å². The van der Waals surface area contributed by atoms with Gasteiger partial charge in [0.15, 0.2) is 10.8 Å². The zero-order valence-corrected chi connectivity index (χ0v) is 21.4. The number of carboxylic acids is 1. The molecule has 2 rings (SSSR count). The molecule has 0 saturated carbocycles. The largest absolute Gasteiger partial charge is 0.476 e. The second-order valence-corrected chi connectivity index (χ2v) is 11.4. The summed E-state index contributed by atoms with van der Waals surface area (Å²) in [5.74, 6) is -1.64. The number of rotatable bonds is 9. The van der Waals surface area contributed by atoms with Gasteiger partial charge in [0.1, 0.15) is 5.75 Å². The molecular weight excluding hydrogens is 470 g/mol. The molecule has 0 bridgehead atoms. The third-order valence-corrected chi connectivity index (χ3v) is 7.83. The number of aliphatic hydroxyl groups excluding tert-OH is 1. The SMILES string of the molecule is CCS[C@@H]1[C@@H]([C@@H](C)O)C(=O)N1C(C(=O)O)=C(Oc1ccc(SC)cc1)SC(=O)C(C)(C)C. The smallest absolute Gasteiger partial charge is 0.357 e. The zero-order valence-electron chi connectivity index (χ0n) is 18.9. The van der Waals surface area contributed by atoms with E-state index in [4.69, 9.17) is 4.74 Å². The summed E-state index contributed by atoms with van der Waals surface area (Å²) >= 11 is 3.58.